The van der Waals surface area contributed by atoms with E-state index in [-0.39, 0.29) is 0 Å². The zero-order valence-corrected chi connectivity index (χ0v) is 14.1. The molecule has 1 aliphatic rings. The molecule has 0 amide bonds. The van der Waals surface area contributed by atoms with E-state index >= 15 is 0 Å². The summed E-state index contributed by atoms with van der Waals surface area (Å²) in [4.78, 5) is 7.14. The second-order valence-electron chi connectivity index (χ2n) is 6.09. The van der Waals surface area contributed by atoms with Gasteiger partial charge in [0.25, 0.3) is 0 Å². The summed E-state index contributed by atoms with van der Waals surface area (Å²) < 4.78 is 10.7. The highest BCUT2D eigenvalue weighted by Crippen LogP contribution is 2.30. The Morgan fingerprint density at radius 1 is 1.26 bits per heavy atom. The number of rotatable bonds is 5. The van der Waals surface area contributed by atoms with Crippen LogP contribution in [-0.2, 0) is 4.74 Å². The SMILES string of the molecule is COCCOc1ccc2c(N3CCN[C@H](C)C3)ccc(C)c2n1. The lowest BCUT2D eigenvalue weighted by molar-refractivity contribution is 0.144. The van der Waals surface area contributed by atoms with Crippen molar-refractivity contribution in [3.63, 3.8) is 0 Å². The van der Waals surface area contributed by atoms with Crippen molar-refractivity contribution in [2.24, 2.45) is 0 Å². The summed E-state index contributed by atoms with van der Waals surface area (Å²) in [7, 11) is 1.67. The molecule has 5 heteroatoms. The van der Waals surface area contributed by atoms with Gasteiger partial charge in [0, 0.05) is 49.9 Å². The highest BCUT2D eigenvalue weighted by Gasteiger charge is 2.18. The summed E-state index contributed by atoms with van der Waals surface area (Å²) in [6.45, 7) is 8.46. The number of benzene rings is 1. The average molecular weight is 315 g/mol. The second-order valence-corrected chi connectivity index (χ2v) is 6.09. The molecule has 1 N–H and O–H groups in total. The van der Waals surface area contributed by atoms with Gasteiger partial charge in [-0.2, -0.15) is 0 Å². The van der Waals surface area contributed by atoms with Crippen LogP contribution in [0.1, 0.15) is 12.5 Å². The first kappa shape index (κ1) is 16.0. The van der Waals surface area contributed by atoms with Gasteiger partial charge in [0.05, 0.1) is 12.1 Å². The number of nitrogens with one attached hydrogen (secondary N) is 1. The minimum absolute atomic E-state index is 0.504. The van der Waals surface area contributed by atoms with Crippen molar-refractivity contribution in [2.45, 2.75) is 19.9 Å². The summed E-state index contributed by atoms with van der Waals surface area (Å²) in [6.07, 6.45) is 0. The molecule has 0 aliphatic carbocycles. The topological polar surface area (TPSA) is 46.6 Å². The van der Waals surface area contributed by atoms with Crippen LogP contribution in [0, 0.1) is 6.92 Å². The number of pyridine rings is 1. The van der Waals surface area contributed by atoms with Crippen molar-refractivity contribution in [1.29, 1.82) is 0 Å². The van der Waals surface area contributed by atoms with Gasteiger partial charge in [-0.15, -0.1) is 0 Å². The maximum absolute atomic E-state index is 5.65. The van der Waals surface area contributed by atoms with Gasteiger partial charge in [-0.3, -0.25) is 0 Å². The molecule has 1 aromatic carbocycles. The number of nitrogens with zero attached hydrogens (tertiary/aromatic N) is 2. The molecule has 1 aromatic heterocycles. The molecule has 0 unspecified atom stereocenters. The van der Waals surface area contributed by atoms with E-state index in [1.807, 2.05) is 6.07 Å². The van der Waals surface area contributed by atoms with Crippen LogP contribution in [0.3, 0.4) is 0 Å². The molecule has 3 rings (SSSR count). The smallest absolute Gasteiger partial charge is 0.213 e. The number of ether oxygens (including phenoxy) is 2. The lowest BCUT2D eigenvalue weighted by atomic mass is 10.1. The molecular formula is C18H25N3O2. The van der Waals surface area contributed by atoms with Gasteiger partial charge < -0.3 is 19.7 Å². The molecule has 1 fully saturated rings. The van der Waals surface area contributed by atoms with E-state index in [1.165, 1.54) is 16.6 Å². The third kappa shape index (κ3) is 3.57. The van der Waals surface area contributed by atoms with Gasteiger partial charge in [0.15, 0.2) is 0 Å². The molecule has 1 aliphatic heterocycles. The van der Waals surface area contributed by atoms with Gasteiger partial charge in [-0.05, 0) is 31.5 Å². The van der Waals surface area contributed by atoms with E-state index in [0.717, 1.165) is 25.2 Å². The third-order valence-corrected chi connectivity index (χ3v) is 4.26. The summed E-state index contributed by atoms with van der Waals surface area (Å²) in [5.74, 6) is 0.656. The molecule has 0 radical (unpaired) electrons. The van der Waals surface area contributed by atoms with Crippen LogP contribution < -0.4 is 15.0 Å². The van der Waals surface area contributed by atoms with Gasteiger partial charge in [0.1, 0.15) is 6.61 Å². The molecule has 1 atom stereocenters. The highest BCUT2D eigenvalue weighted by atomic mass is 16.5. The Hall–Kier alpha value is -1.85. The summed E-state index contributed by atoms with van der Waals surface area (Å²) in [5, 5.41) is 4.68. The standard InChI is InChI=1S/C18H25N3O2/c1-13-4-6-16(21-9-8-19-14(2)12-21)15-5-7-17(20-18(13)15)23-11-10-22-3/h4-7,14,19H,8-12H2,1-3H3/t14-/m1/s1. The molecule has 0 bridgehead atoms. The Morgan fingerprint density at radius 2 is 2.13 bits per heavy atom. The Labute approximate surface area is 137 Å². The number of anilines is 1. The largest absolute Gasteiger partial charge is 0.475 e. The van der Waals surface area contributed by atoms with Crippen molar-refractivity contribution < 1.29 is 9.47 Å². The first-order valence-corrected chi connectivity index (χ1v) is 8.19. The number of hydrogen-bond donors (Lipinski definition) is 1. The molecule has 2 heterocycles. The van der Waals surface area contributed by atoms with Crippen molar-refractivity contribution >= 4 is 16.6 Å². The Morgan fingerprint density at radius 3 is 2.91 bits per heavy atom. The maximum Gasteiger partial charge on any atom is 0.213 e. The Bertz CT molecular complexity index is 675. The zero-order chi connectivity index (χ0) is 16.2. The fraction of sp³-hybridized carbons (Fsp3) is 0.500. The molecule has 0 spiro atoms. The maximum atomic E-state index is 5.65. The van der Waals surface area contributed by atoms with Gasteiger partial charge in [-0.25, -0.2) is 4.98 Å². The van der Waals surface area contributed by atoms with Crippen LogP contribution in [0.2, 0.25) is 0 Å². The minimum atomic E-state index is 0.504. The highest BCUT2D eigenvalue weighted by molar-refractivity contribution is 5.94. The summed E-state index contributed by atoms with van der Waals surface area (Å²) >= 11 is 0. The van der Waals surface area contributed by atoms with E-state index in [0.29, 0.717) is 25.1 Å². The first-order valence-electron chi connectivity index (χ1n) is 8.19. The van der Waals surface area contributed by atoms with Crippen molar-refractivity contribution in [2.75, 3.05) is 44.9 Å². The number of hydrogen-bond acceptors (Lipinski definition) is 5. The van der Waals surface area contributed by atoms with Crippen LogP contribution in [0.5, 0.6) is 5.88 Å². The zero-order valence-electron chi connectivity index (χ0n) is 14.1. The molecule has 1 saturated heterocycles. The van der Waals surface area contributed by atoms with E-state index in [1.54, 1.807) is 7.11 Å². The van der Waals surface area contributed by atoms with E-state index in [9.17, 15) is 0 Å². The number of aromatic nitrogens is 1. The first-order chi connectivity index (χ1) is 11.2. The third-order valence-electron chi connectivity index (χ3n) is 4.26. The molecular weight excluding hydrogens is 290 g/mol. The van der Waals surface area contributed by atoms with Crippen LogP contribution in [0.15, 0.2) is 24.3 Å². The van der Waals surface area contributed by atoms with Crippen LogP contribution in [0.25, 0.3) is 10.9 Å². The van der Waals surface area contributed by atoms with Gasteiger partial charge in [0.2, 0.25) is 5.88 Å². The van der Waals surface area contributed by atoms with Crippen molar-refractivity contribution in [1.82, 2.24) is 10.3 Å². The predicted molar refractivity (Wildman–Crippen MR) is 93.5 cm³/mol. The molecule has 2 aromatic rings. The molecule has 124 valence electrons. The fourth-order valence-corrected chi connectivity index (χ4v) is 3.06. The van der Waals surface area contributed by atoms with Crippen molar-refractivity contribution in [3.8, 4) is 5.88 Å². The van der Waals surface area contributed by atoms with Crippen LogP contribution in [-0.4, -0.2) is 51.0 Å². The Balaban J connectivity index is 1.92. The van der Waals surface area contributed by atoms with Gasteiger partial charge >= 0.3 is 0 Å². The van der Waals surface area contributed by atoms with E-state index in [2.05, 4.69) is 42.3 Å². The lowest BCUT2D eigenvalue weighted by Crippen LogP contribution is -2.49. The molecule has 5 nitrogen and oxygen atoms in total. The lowest BCUT2D eigenvalue weighted by Gasteiger charge is -2.34. The van der Waals surface area contributed by atoms with Crippen LogP contribution in [0.4, 0.5) is 5.69 Å². The number of fused-ring (bicyclic) bond motifs is 1. The number of piperazine rings is 1. The van der Waals surface area contributed by atoms with Crippen molar-refractivity contribution in [3.05, 3.63) is 29.8 Å². The molecule has 0 saturated carbocycles. The summed E-state index contributed by atoms with van der Waals surface area (Å²) in [5.41, 5.74) is 3.45. The minimum Gasteiger partial charge on any atom is -0.475 e. The second kappa shape index (κ2) is 7.15. The fourth-order valence-electron chi connectivity index (χ4n) is 3.06. The van der Waals surface area contributed by atoms with Gasteiger partial charge in [-0.1, -0.05) is 6.07 Å². The molecule has 23 heavy (non-hydrogen) atoms. The summed E-state index contributed by atoms with van der Waals surface area (Å²) in [6, 6.07) is 8.94. The number of methoxy groups -OCH3 is 1. The quantitative estimate of drug-likeness (QED) is 0.858. The monoisotopic (exact) mass is 315 g/mol. The predicted octanol–water partition coefficient (Wildman–Crippen LogP) is 2.37. The normalized spacial score (nSPS) is 18.4. The van der Waals surface area contributed by atoms with E-state index in [4.69, 9.17) is 14.5 Å². The number of aryl methyl sites for hydroxylation is 1. The van der Waals surface area contributed by atoms with Crippen LogP contribution >= 0.6 is 0 Å². The van der Waals surface area contributed by atoms with E-state index < -0.39 is 0 Å². The Kier molecular flexibility index (Phi) is 4.98. The average Bonchev–Trinajstić information content (AvgIpc) is 2.56.